The van der Waals surface area contributed by atoms with Crippen LogP contribution in [0.25, 0.3) is 0 Å². The van der Waals surface area contributed by atoms with Crippen molar-refractivity contribution in [2.24, 2.45) is 0 Å². The molecular formula is C15H14N2O6S. The van der Waals surface area contributed by atoms with Crippen molar-refractivity contribution in [1.29, 1.82) is 0 Å². The van der Waals surface area contributed by atoms with Crippen LogP contribution in [0.1, 0.15) is 17.3 Å². The number of thiophene rings is 1. The van der Waals surface area contributed by atoms with Crippen molar-refractivity contribution in [3.05, 3.63) is 50.7 Å². The summed E-state index contributed by atoms with van der Waals surface area (Å²) < 4.78 is 9.96. The van der Waals surface area contributed by atoms with E-state index in [9.17, 15) is 19.7 Å². The van der Waals surface area contributed by atoms with Gasteiger partial charge in [0.15, 0.2) is 6.10 Å². The van der Waals surface area contributed by atoms with Crippen LogP contribution in [0.4, 0.5) is 11.4 Å². The first-order valence-corrected chi connectivity index (χ1v) is 7.73. The topological polar surface area (TPSA) is 108 Å². The molecule has 2 aromatic rings. The molecule has 0 saturated carbocycles. The standard InChI is InChI=1S/C15H14N2O6S/c1-9(23-15(19)10-5-6-24-8-10)14(18)16-12-4-3-11(22-2)7-13(12)17(20)21/h3-9H,1-2H3,(H,16,18)/t9-/m1/s1. The van der Waals surface area contributed by atoms with Crippen molar-refractivity contribution in [2.75, 3.05) is 12.4 Å². The number of carbonyl (C=O) groups excluding carboxylic acids is 2. The van der Waals surface area contributed by atoms with Gasteiger partial charge < -0.3 is 14.8 Å². The lowest BCUT2D eigenvalue weighted by Crippen LogP contribution is -2.30. The van der Waals surface area contributed by atoms with E-state index in [-0.39, 0.29) is 17.1 Å². The van der Waals surface area contributed by atoms with Crippen molar-refractivity contribution in [3.63, 3.8) is 0 Å². The van der Waals surface area contributed by atoms with E-state index in [1.54, 1.807) is 16.8 Å². The summed E-state index contributed by atoms with van der Waals surface area (Å²) in [6.07, 6.45) is -1.11. The van der Waals surface area contributed by atoms with E-state index in [1.807, 2.05) is 0 Å². The van der Waals surface area contributed by atoms with Gasteiger partial charge in [0.05, 0.1) is 23.7 Å². The summed E-state index contributed by atoms with van der Waals surface area (Å²) in [6, 6.07) is 5.59. The van der Waals surface area contributed by atoms with Gasteiger partial charge in [-0.15, -0.1) is 0 Å². The van der Waals surface area contributed by atoms with Gasteiger partial charge in [-0.25, -0.2) is 4.79 Å². The number of nitrogens with one attached hydrogen (secondary N) is 1. The second-order valence-corrected chi connectivity index (χ2v) is 5.47. The van der Waals surface area contributed by atoms with Crippen molar-refractivity contribution >= 4 is 34.6 Å². The Morgan fingerprint density at radius 3 is 2.67 bits per heavy atom. The van der Waals surface area contributed by atoms with E-state index in [0.717, 1.165) is 0 Å². The zero-order chi connectivity index (χ0) is 17.7. The molecule has 24 heavy (non-hydrogen) atoms. The van der Waals surface area contributed by atoms with Crippen LogP contribution in [0.5, 0.6) is 5.75 Å². The second kappa shape index (κ2) is 7.55. The summed E-state index contributed by atoms with van der Waals surface area (Å²) in [5, 5.41) is 16.8. The lowest BCUT2D eigenvalue weighted by Gasteiger charge is -2.13. The largest absolute Gasteiger partial charge is 0.496 e. The molecule has 0 fully saturated rings. The molecule has 0 saturated heterocycles. The van der Waals surface area contributed by atoms with Crippen molar-refractivity contribution in [3.8, 4) is 5.75 Å². The van der Waals surface area contributed by atoms with E-state index in [1.165, 1.54) is 43.6 Å². The maximum absolute atomic E-state index is 12.1. The van der Waals surface area contributed by atoms with Gasteiger partial charge in [-0.2, -0.15) is 11.3 Å². The maximum Gasteiger partial charge on any atom is 0.339 e. The summed E-state index contributed by atoms with van der Waals surface area (Å²) in [6.45, 7) is 1.38. The zero-order valence-corrected chi connectivity index (χ0v) is 13.7. The molecule has 0 unspecified atom stereocenters. The fourth-order valence-corrected chi connectivity index (χ4v) is 2.42. The van der Waals surface area contributed by atoms with Gasteiger partial charge in [-0.1, -0.05) is 0 Å². The summed E-state index contributed by atoms with van der Waals surface area (Å²) in [4.78, 5) is 34.4. The third kappa shape index (κ3) is 4.07. The number of amides is 1. The first-order chi connectivity index (χ1) is 11.4. The Balaban J connectivity index is 2.08. The smallest absolute Gasteiger partial charge is 0.339 e. The lowest BCUT2D eigenvalue weighted by molar-refractivity contribution is -0.384. The third-order valence-corrected chi connectivity index (χ3v) is 3.75. The number of rotatable bonds is 6. The number of hydrogen-bond acceptors (Lipinski definition) is 7. The second-order valence-electron chi connectivity index (χ2n) is 4.69. The summed E-state index contributed by atoms with van der Waals surface area (Å²) in [5.41, 5.74) is 0.0124. The molecule has 1 atom stereocenters. The quantitative estimate of drug-likeness (QED) is 0.487. The molecule has 0 aliphatic rings. The molecule has 2 rings (SSSR count). The number of nitro benzene ring substituents is 1. The number of nitro groups is 1. The average molecular weight is 350 g/mol. The summed E-state index contributed by atoms with van der Waals surface area (Å²) >= 11 is 1.33. The average Bonchev–Trinajstić information content (AvgIpc) is 3.09. The number of nitrogens with zero attached hydrogens (tertiary/aromatic N) is 1. The normalized spacial score (nSPS) is 11.4. The van der Waals surface area contributed by atoms with Crippen molar-refractivity contribution in [2.45, 2.75) is 13.0 Å². The van der Waals surface area contributed by atoms with Crippen LogP contribution in [0.15, 0.2) is 35.0 Å². The van der Waals surface area contributed by atoms with Crippen LogP contribution in [0, 0.1) is 10.1 Å². The van der Waals surface area contributed by atoms with E-state index in [2.05, 4.69) is 5.32 Å². The van der Waals surface area contributed by atoms with Gasteiger partial charge in [0.1, 0.15) is 11.4 Å². The molecule has 0 radical (unpaired) electrons. The van der Waals surface area contributed by atoms with Crippen LogP contribution in [-0.4, -0.2) is 30.0 Å². The first-order valence-electron chi connectivity index (χ1n) is 6.79. The molecule has 8 nitrogen and oxygen atoms in total. The predicted octanol–water partition coefficient (Wildman–Crippen LogP) is 2.85. The third-order valence-electron chi connectivity index (χ3n) is 3.07. The Morgan fingerprint density at radius 2 is 2.08 bits per heavy atom. The van der Waals surface area contributed by atoms with Crippen LogP contribution in [-0.2, 0) is 9.53 Å². The molecule has 0 bridgehead atoms. The Bertz CT molecular complexity index is 759. The van der Waals surface area contributed by atoms with E-state index >= 15 is 0 Å². The Morgan fingerprint density at radius 1 is 1.33 bits per heavy atom. The van der Waals surface area contributed by atoms with Gasteiger partial charge in [-0.3, -0.25) is 14.9 Å². The summed E-state index contributed by atoms with van der Waals surface area (Å²) in [5.74, 6) is -1.02. The Labute approximate surface area is 141 Å². The number of benzene rings is 1. The highest BCUT2D eigenvalue weighted by molar-refractivity contribution is 7.08. The number of ether oxygens (including phenoxy) is 2. The minimum Gasteiger partial charge on any atom is -0.496 e. The SMILES string of the molecule is COc1ccc(NC(=O)[C@@H](C)OC(=O)c2ccsc2)c([N+](=O)[O-])c1. The Kier molecular flexibility index (Phi) is 5.48. The molecule has 0 spiro atoms. The molecule has 1 aromatic heterocycles. The summed E-state index contributed by atoms with van der Waals surface area (Å²) in [7, 11) is 1.38. The molecule has 9 heteroatoms. The minimum atomic E-state index is -1.11. The molecule has 1 aromatic carbocycles. The fraction of sp³-hybridized carbons (Fsp3) is 0.200. The number of hydrogen-bond donors (Lipinski definition) is 1. The lowest BCUT2D eigenvalue weighted by atomic mass is 10.2. The van der Waals surface area contributed by atoms with Gasteiger partial charge in [0.2, 0.25) is 0 Å². The molecular weight excluding hydrogens is 336 g/mol. The Hall–Kier alpha value is -2.94. The highest BCUT2D eigenvalue weighted by atomic mass is 32.1. The first kappa shape index (κ1) is 17.4. The number of anilines is 1. The molecule has 1 N–H and O–H groups in total. The molecule has 1 heterocycles. The van der Waals surface area contributed by atoms with Gasteiger partial charge in [0.25, 0.3) is 11.6 Å². The van der Waals surface area contributed by atoms with Crippen LogP contribution >= 0.6 is 11.3 Å². The number of esters is 1. The number of methoxy groups -OCH3 is 1. The highest BCUT2D eigenvalue weighted by Crippen LogP contribution is 2.29. The van der Waals surface area contributed by atoms with Gasteiger partial charge in [-0.05, 0) is 30.5 Å². The van der Waals surface area contributed by atoms with Crippen LogP contribution in [0.2, 0.25) is 0 Å². The number of carbonyl (C=O) groups is 2. The van der Waals surface area contributed by atoms with E-state index < -0.39 is 22.9 Å². The highest BCUT2D eigenvalue weighted by Gasteiger charge is 2.23. The molecule has 0 aliphatic heterocycles. The zero-order valence-electron chi connectivity index (χ0n) is 12.8. The predicted molar refractivity (Wildman–Crippen MR) is 87.5 cm³/mol. The van der Waals surface area contributed by atoms with Crippen LogP contribution < -0.4 is 10.1 Å². The van der Waals surface area contributed by atoms with Crippen molar-refractivity contribution in [1.82, 2.24) is 0 Å². The van der Waals surface area contributed by atoms with Crippen LogP contribution in [0.3, 0.4) is 0 Å². The molecule has 0 aliphatic carbocycles. The van der Waals surface area contributed by atoms with E-state index in [0.29, 0.717) is 5.56 Å². The van der Waals surface area contributed by atoms with Gasteiger partial charge in [0, 0.05) is 5.38 Å². The van der Waals surface area contributed by atoms with Crippen molar-refractivity contribution < 1.29 is 24.0 Å². The minimum absolute atomic E-state index is 0.00997. The monoisotopic (exact) mass is 350 g/mol. The van der Waals surface area contributed by atoms with Gasteiger partial charge >= 0.3 is 5.97 Å². The maximum atomic E-state index is 12.1. The molecule has 1 amide bonds. The fourth-order valence-electron chi connectivity index (χ4n) is 1.79. The van der Waals surface area contributed by atoms with E-state index in [4.69, 9.17) is 9.47 Å². The molecule has 126 valence electrons.